The maximum absolute atomic E-state index is 13.3. The van der Waals surface area contributed by atoms with Gasteiger partial charge in [-0.05, 0) is 6.07 Å². The molecule has 1 saturated heterocycles. The molecular weight excluding hydrogens is 228 g/mol. The van der Waals surface area contributed by atoms with Crippen LogP contribution in [0.5, 0.6) is 5.75 Å². The molecule has 1 aliphatic heterocycles. The summed E-state index contributed by atoms with van der Waals surface area (Å²) in [5.41, 5.74) is 0.643. The van der Waals surface area contributed by atoms with Crippen LogP contribution in [0.3, 0.4) is 0 Å². The van der Waals surface area contributed by atoms with Crippen molar-refractivity contribution >= 4 is 13.0 Å². The van der Waals surface area contributed by atoms with Crippen LogP contribution in [0.2, 0.25) is 0 Å². The van der Waals surface area contributed by atoms with E-state index in [0.717, 1.165) is 6.07 Å². The number of anilines is 1. The van der Waals surface area contributed by atoms with Gasteiger partial charge in [0, 0.05) is 30.9 Å². The summed E-state index contributed by atoms with van der Waals surface area (Å²) in [4.78, 5) is 1.95. The third-order valence-corrected chi connectivity index (χ3v) is 2.47. The summed E-state index contributed by atoms with van der Waals surface area (Å²) in [7, 11) is -1.95. The van der Waals surface area contributed by atoms with Gasteiger partial charge < -0.3 is 24.3 Å². The first-order valence-electron chi connectivity index (χ1n) is 5.31. The highest BCUT2D eigenvalue weighted by molar-refractivity contribution is 6.33. The summed E-state index contributed by atoms with van der Waals surface area (Å²) < 4.78 is 23.2. The van der Waals surface area contributed by atoms with Gasteiger partial charge in [0.05, 0.1) is 13.2 Å². The van der Waals surface area contributed by atoms with Gasteiger partial charge in [-0.1, -0.05) is 0 Å². The Hall–Kier alpha value is -1.31. The number of morpholine rings is 1. The van der Waals surface area contributed by atoms with Crippen LogP contribution in [0.4, 0.5) is 10.1 Å². The molecule has 17 heavy (non-hydrogen) atoms. The SMILES string of the molecule is OB(O)Oc1cc(F)cc(N2CCOCC2)c1. The van der Waals surface area contributed by atoms with E-state index in [4.69, 9.17) is 14.8 Å². The number of rotatable bonds is 3. The van der Waals surface area contributed by atoms with Crippen molar-refractivity contribution in [3.63, 3.8) is 0 Å². The minimum absolute atomic E-state index is 0.0847. The third-order valence-electron chi connectivity index (χ3n) is 2.47. The fourth-order valence-electron chi connectivity index (χ4n) is 1.74. The lowest BCUT2D eigenvalue weighted by Crippen LogP contribution is -2.36. The Morgan fingerprint density at radius 3 is 2.59 bits per heavy atom. The minimum Gasteiger partial charge on any atom is -0.512 e. The smallest absolute Gasteiger partial charge is 0.512 e. The van der Waals surface area contributed by atoms with E-state index < -0.39 is 13.1 Å². The third kappa shape index (κ3) is 3.32. The lowest BCUT2D eigenvalue weighted by molar-refractivity contribution is 0.122. The molecule has 0 bridgehead atoms. The zero-order valence-corrected chi connectivity index (χ0v) is 9.17. The van der Waals surface area contributed by atoms with Gasteiger partial charge in [-0.15, -0.1) is 0 Å². The molecule has 0 aromatic heterocycles. The van der Waals surface area contributed by atoms with Crippen molar-refractivity contribution in [3.05, 3.63) is 24.0 Å². The molecule has 0 atom stereocenters. The van der Waals surface area contributed by atoms with E-state index in [1.165, 1.54) is 6.07 Å². The molecule has 0 amide bonds. The maximum Gasteiger partial charge on any atom is 0.707 e. The van der Waals surface area contributed by atoms with Gasteiger partial charge in [0.1, 0.15) is 11.6 Å². The molecule has 7 heteroatoms. The van der Waals surface area contributed by atoms with Crippen molar-refractivity contribution in [2.45, 2.75) is 0 Å². The number of nitrogens with zero attached hydrogens (tertiary/aromatic N) is 1. The summed E-state index contributed by atoms with van der Waals surface area (Å²) in [6.07, 6.45) is 0. The van der Waals surface area contributed by atoms with Crippen LogP contribution in [-0.2, 0) is 4.74 Å². The first kappa shape index (κ1) is 12.2. The largest absolute Gasteiger partial charge is 0.707 e. The van der Waals surface area contributed by atoms with Crippen LogP contribution in [0.1, 0.15) is 0 Å². The second-order valence-corrected chi connectivity index (χ2v) is 3.69. The molecule has 0 radical (unpaired) electrons. The number of hydrogen-bond acceptors (Lipinski definition) is 5. The molecule has 5 nitrogen and oxygen atoms in total. The molecule has 0 unspecified atom stereocenters. The van der Waals surface area contributed by atoms with E-state index in [0.29, 0.717) is 32.0 Å². The average molecular weight is 241 g/mol. The van der Waals surface area contributed by atoms with Crippen molar-refractivity contribution in [1.29, 1.82) is 0 Å². The lowest BCUT2D eigenvalue weighted by Gasteiger charge is -2.29. The van der Waals surface area contributed by atoms with E-state index in [-0.39, 0.29) is 5.75 Å². The molecular formula is C10H13BFNO4. The number of ether oxygens (including phenoxy) is 1. The van der Waals surface area contributed by atoms with Crippen molar-refractivity contribution in [2.24, 2.45) is 0 Å². The summed E-state index contributed by atoms with van der Waals surface area (Å²) in [6.45, 7) is 2.53. The zero-order chi connectivity index (χ0) is 12.3. The first-order valence-corrected chi connectivity index (χ1v) is 5.31. The quantitative estimate of drug-likeness (QED) is 0.730. The first-order chi connectivity index (χ1) is 8.15. The Morgan fingerprint density at radius 2 is 1.94 bits per heavy atom. The Labute approximate surface area is 98.6 Å². The topological polar surface area (TPSA) is 62.2 Å². The monoisotopic (exact) mass is 241 g/mol. The number of halogens is 1. The van der Waals surface area contributed by atoms with Gasteiger partial charge in [-0.25, -0.2) is 4.39 Å². The molecule has 1 fully saturated rings. The van der Waals surface area contributed by atoms with Gasteiger partial charge in [0.15, 0.2) is 0 Å². The van der Waals surface area contributed by atoms with Crippen LogP contribution >= 0.6 is 0 Å². The molecule has 1 aromatic carbocycles. The highest BCUT2D eigenvalue weighted by atomic mass is 19.1. The van der Waals surface area contributed by atoms with Crippen LogP contribution in [0, 0.1) is 5.82 Å². The average Bonchev–Trinajstić information content (AvgIpc) is 2.28. The van der Waals surface area contributed by atoms with E-state index >= 15 is 0 Å². The van der Waals surface area contributed by atoms with Crippen molar-refractivity contribution in [2.75, 3.05) is 31.2 Å². The second kappa shape index (κ2) is 5.35. The molecule has 1 heterocycles. The molecule has 0 saturated carbocycles. The van der Waals surface area contributed by atoms with Crippen molar-refractivity contribution < 1.29 is 23.8 Å². The minimum atomic E-state index is -1.95. The van der Waals surface area contributed by atoms with Crippen LogP contribution in [0.25, 0.3) is 0 Å². The molecule has 0 aliphatic carbocycles. The van der Waals surface area contributed by atoms with Gasteiger partial charge >= 0.3 is 7.32 Å². The Kier molecular flexibility index (Phi) is 3.83. The predicted molar refractivity (Wildman–Crippen MR) is 60.3 cm³/mol. The van der Waals surface area contributed by atoms with E-state index in [9.17, 15) is 4.39 Å². The van der Waals surface area contributed by atoms with Gasteiger partial charge in [-0.3, -0.25) is 0 Å². The lowest BCUT2D eigenvalue weighted by atomic mass is 10.2. The van der Waals surface area contributed by atoms with Crippen LogP contribution in [-0.4, -0.2) is 43.7 Å². The van der Waals surface area contributed by atoms with Crippen molar-refractivity contribution in [1.82, 2.24) is 0 Å². The van der Waals surface area contributed by atoms with Crippen molar-refractivity contribution in [3.8, 4) is 5.75 Å². The molecule has 0 spiro atoms. The van der Waals surface area contributed by atoms with Gasteiger partial charge in [-0.2, -0.15) is 0 Å². The standard InChI is InChI=1S/C10H13BFNO4/c12-8-5-9(13-1-3-16-4-2-13)7-10(6-8)17-11(14)15/h5-7,14-15H,1-4H2. The Morgan fingerprint density at radius 1 is 1.24 bits per heavy atom. The van der Waals surface area contributed by atoms with E-state index in [1.54, 1.807) is 6.07 Å². The molecule has 1 aromatic rings. The van der Waals surface area contributed by atoms with Gasteiger partial charge in [0.25, 0.3) is 0 Å². The predicted octanol–water partition coefficient (Wildman–Crippen LogP) is 0.0106. The summed E-state index contributed by atoms with van der Waals surface area (Å²) in [6, 6.07) is 4.04. The second-order valence-electron chi connectivity index (χ2n) is 3.69. The van der Waals surface area contributed by atoms with Crippen LogP contribution in [0.15, 0.2) is 18.2 Å². The Bertz CT molecular complexity index is 385. The summed E-state index contributed by atoms with van der Waals surface area (Å²) >= 11 is 0. The molecule has 1 aliphatic rings. The van der Waals surface area contributed by atoms with E-state index in [2.05, 4.69) is 4.65 Å². The Balaban J connectivity index is 2.18. The number of hydrogen-bond donors (Lipinski definition) is 2. The molecule has 2 rings (SSSR count). The summed E-state index contributed by atoms with van der Waals surface area (Å²) in [5, 5.41) is 17.4. The highest BCUT2D eigenvalue weighted by Gasteiger charge is 2.16. The summed E-state index contributed by atoms with van der Waals surface area (Å²) in [5.74, 6) is -0.397. The van der Waals surface area contributed by atoms with E-state index in [1.807, 2.05) is 4.90 Å². The zero-order valence-electron chi connectivity index (χ0n) is 9.17. The van der Waals surface area contributed by atoms with Crippen LogP contribution < -0.4 is 9.55 Å². The maximum atomic E-state index is 13.3. The number of benzene rings is 1. The fraction of sp³-hybridized carbons (Fsp3) is 0.400. The fourth-order valence-corrected chi connectivity index (χ4v) is 1.74. The normalized spacial score (nSPS) is 15.8. The molecule has 2 N–H and O–H groups in total. The molecule has 92 valence electrons. The van der Waals surface area contributed by atoms with Gasteiger partial charge in [0.2, 0.25) is 0 Å². The highest BCUT2D eigenvalue weighted by Crippen LogP contribution is 2.24.